The molecule has 0 aliphatic rings. The highest BCUT2D eigenvalue weighted by Gasteiger charge is 2.20. The van der Waals surface area contributed by atoms with Gasteiger partial charge in [-0.05, 0) is 58.8 Å². The van der Waals surface area contributed by atoms with E-state index in [0.717, 1.165) is 27.6 Å². The molecule has 2 aromatic heterocycles. The molecule has 0 aliphatic carbocycles. The van der Waals surface area contributed by atoms with Crippen LogP contribution in [0.1, 0.15) is 27.0 Å². The number of tetrazole rings is 1. The molecule has 1 amide bonds. The Kier molecular flexibility index (Phi) is 5.44. The van der Waals surface area contributed by atoms with Crippen LogP contribution < -0.4 is 4.74 Å². The molecule has 5 aromatic rings. The maximum Gasteiger partial charge on any atom is 0.254 e. The van der Waals surface area contributed by atoms with E-state index in [4.69, 9.17) is 4.74 Å². The van der Waals surface area contributed by atoms with Gasteiger partial charge in [0.15, 0.2) is 5.65 Å². The van der Waals surface area contributed by atoms with Crippen molar-refractivity contribution in [2.24, 2.45) is 0 Å². The molecule has 7 heteroatoms. The number of amides is 1. The summed E-state index contributed by atoms with van der Waals surface area (Å²) in [6.07, 6.45) is 0. The number of para-hydroxylation sites is 1. The highest BCUT2D eigenvalue weighted by atomic mass is 16.5. The van der Waals surface area contributed by atoms with Gasteiger partial charge in [-0.2, -0.15) is 4.52 Å². The second-order valence-electron chi connectivity index (χ2n) is 7.97. The molecule has 0 radical (unpaired) electrons. The Bertz CT molecular complexity index is 1430. The van der Waals surface area contributed by atoms with Gasteiger partial charge in [-0.25, -0.2) is 0 Å². The zero-order chi connectivity index (χ0) is 22.8. The number of aryl methyl sites for hydroxylation is 1. The second kappa shape index (κ2) is 8.70. The van der Waals surface area contributed by atoms with Crippen LogP contribution in [0.5, 0.6) is 5.75 Å². The zero-order valence-corrected chi connectivity index (χ0v) is 18.5. The quantitative estimate of drug-likeness (QED) is 0.393. The topological polar surface area (TPSA) is 72.6 Å². The van der Waals surface area contributed by atoms with Crippen molar-refractivity contribution in [3.05, 3.63) is 101 Å². The first-order valence-corrected chi connectivity index (χ1v) is 10.7. The summed E-state index contributed by atoms with van der Waals surface area (Å²) < 4.78 is 7.00. The molecule has 0 aliphatic heterocycles. The molecule has 0 atom stereocenters. The Hall–Kier alpha value is -4.26. The monoisotopic (exact) mass is 437 g/mol. The number of rotatable bonds is 6. The minimum atomic E-state index is -0.0727. The van der Waals surface area contributed by atoms with E-state index in [-0.39, 0.29) is 5.91 Å². The minimum Gasteiger partial charge on any atom is -0.497 e. The van der Waals surface area contributed by atoms with Crippen LogP contribution >= 0.6 is 0 Å². The van der Waals surface area contributed by atoms with Crippen LogP contribution in [0.2, 0.25) is 0 Å². The lowest BCUT2D eigenvalue weighted by Crippen LogP contribution is -2.30. The fourth-order valence-electron chi connectivity index (χ4n) is 4.12. The van der Waals surface area contributed by atoms with Gasteiger partial charge in [0.25, 0.3) is 5.91 Å². The van der Waals surface area contributed by atoms with E-state index < -0.39 is 0 Å². The summed E-state index contributed by atoms with van der Waals surface area (Å²) in [6.45, 7) is 2.87. The molecular weight excluding hydrogens is 414 g/mol. The van der Waals surface area contributed by atoms with Crippen molar-refractivity contribution in [3.8, 4) is 5.75 Å². The van der Waals surface area contributed by atoms with E-state index in [2.05, 4.69) is 21.6 Å². The van der Waals surface area contributed by atoms with Gasteiger partial charge in [0.2, 0.25) is 0 Å². The Morgan fingerprint density at radius 2 is 1.76 bits per heavy atom. The lowest BCUT2D eigenvalue weighted by Gasteiger charge is -2.24. The highest BCUT2D eigenvalue weighted by molar-refractivity contribution is 5.94. The third kappa shape index (κ3) is 4.01. The van der Waals surface area contributed by atoms with Gasteiger partial charge in [-0.1, -0.05) is 48.5 Å². The number of nitrogens with zero attached hydrogens (tertiary/aromatic N) is 5. The SMILES string of the molecule is COc1ccc(C(=O)N(Cc2ccccc2)Cc2cc3cccc(C)c3n3nnnc23)cc1. The lowest BCUT2D eigenvalue weighted by molar-refractivity contribution is 0.0730. The molecule has 3 aromatic carbocycles. The van der Waals surface area contributed by atoms with Gasteiger partial charge in [0.1, 0.15) is 5.75 Å². The number of hydrogen-bond acceptors (Lipinski definition) is 5. The highest BCUT2D eigenvalue weighted by Crippen LogP contribution is 2.24. The summed E-state index contributed by atoms with van der Waals surface area (Å²) in [4.78, 5) is 15.4. The van der Waals surface area contributed by atoms with Gasteiger partial charge < -0.3 is 9.64 Å². The molecular formula is C26H23N5O2. The predicted octanol–water partition coefficient (Wildman–Crippen LogP) is 4.44. The maximum atomic E-state index is 13.6. The Balaban J connectivity index is 1.57. The van der Waals surface area contributed by atoms with Crippen molar-refractivity contribution in [1.29, 1.82) is 0 Å². The van der Waals surface area contributed by atoms with Crippen molar-refractivity contribution in [1.82, 2.24) is 24.9 Å². The number of fused-ring (bicyclic) bond motifs is 3. The average Bonchev–Trinajstić information content (AvgIpc) is 3.34. The normalized spacial score (nSPS) is 11.1. The number of aromatic nitrogens is 4. The van der Waals surface area contributed by atoms with E-state index >= 15 is 0 Å². The number of benzene rings is 3. The second-order valence-corrected chi connectivity index (χ2v) is 7.97. The first-order chi connectivity index (χ1) is 16.1. The van der Waals surface area contributed by atoms with Gasteiger partial charge in [-0.15, -0.1) is 5.10 Å². The number of pyridine rings is 1. The average molecular weight is 438 g/mol. The lowest BCUT2D eigenvalue weighted by atomic mass is 10.1. The van der Waals surface area contributed by atoms with Gasteiger partial charge in [0.05, 0.1) is 19.2 Å². The van der Waals surface area contributed by atoms with E-state index in [1.807, 2.05) is 60.4 Å². The Labute approximate surface area is 191 Å². The maximum absolute atomic E-state index is 13.6. The van der Waals surface area contributed by atoms with Crippen LogP contribution in [0.3, 0.4) is 0 Å². The van der Waals surface area contributed by atoms with E-state index in [1.165, 1.54) is 0 Å². The van der Waals surface area contributed by atoms with Crippen molar-refractivity contribution >= 4 is 22.5 Å². The van der Waals surface area contributed by atoms with Crippen LogP contribution in [0, 0.1) is 6.92 Å². The number of carbonyl (C=O) groups excluding carboxylic acids is 1. The van der Waals surface area contributed by atoms with Crippen LogP contribution in [-0.4, -0.2) is 38.0 Å². The molecule has 2 heterocycles. The van der Waals surface area contributed by atoms with Gasteiger partial charge in [-0.3, -0.25) is 4.79 Å². The predicted molar refractivity (Wildman–Crippen MR) is 126 cm³/mol. The molecule has 33 heavy (non-hydrogen) atoms. The van der Waals surface area contributed by atoms with Gasteiger partial charge in [0, 0.05) is 23.1 Å². The number of methoxy groups -OCH3 is 1. The molecule has 7 nitrogen and oxygen atoms in total. The fourth-order valence-corrected chi connectivity index (χ4v) is 4.12. The standard InChI is InChI=1S/C26H23N5O2/c1-18-7-6-10-21-15-22(25-27-28-29-31(25)24(18)21)17-30(16-19-8-4-3-5-9-19)26(32)20-11-13-23(33-2)14-12-20/h3-15H,16-17H2,1-2H3. The first kappa shape index (κ1) is 20.6. The minimum absolute atomic E-state index is 0.0727. The van der Waals surface area contributed by atoms with E-state index in [9.17, 15) is 4.79 Å². The molecule has 164 valence electrons. The summed E-state index contributed by atoms with van der Waals surface area (Å²) in [7, 11) is 1.61. The van der Waals surface area contributed by atoms with E-state index in [0.29, 0.717) is 30.0 Å². The fraction of sp³-hybridized carbons (Fsp3) is 0.154. The molecule has 0 saturated heterocycles. The molecule has 0 saturated carbocycles. The summed E-state index contributed by atoms with van der Waals surface area (Å²) >= 11 is 0. The summed E-state index contributed by atoms with van der Waals surface area (Å²) in [5.74, 6) is 0.638. The number of hydrogen-bond donors (Lipinski definition) is 0. The largest absolute Gasteiger partial charge is 0.497 e. The Morgan fingerprint density at radius 3 is 2.52 bits per heavy atom. The third-order valence-corrected chi connectivity index (χ3v) is 5.77. The molecule has 0 spiro atoms. The number of carbonyl (C=O) groups is 1. The number of ether oxygens (including phenoxy) is 1. The molecule has 0 N–H and O–H groups in total. The van der Waals surface area contributed by atoms with Gasteiger partial charge >= 0.3 is 0 Å². The molecule has 0 fully saturated rings. The van der Waals surface area contributed by atoms with Crippen molar-refractivity contribution in [2.45, 2.75) is 20.0 Å². The molecule has 5 rings (SSSR count). The van der Waals surface area contributed by atoms with Crippen LogP contribution in [0.25, 0.3) is 16.6 Å². The van der Waals surface area contributed by atoms with Crippen molar-refractivity contribution in [3.63, 3.8) is 0 Å². The summed E-state index contributed by atoms with van der Waals surface area (Å²) in [6, 6.07) is 25.3. The summed E-state index contributed by atoms with van der Waals surface area (Å²) in [5.41, 5.74) is 5.24. The van der Waals surface area contributed by atoms with Crippen molar-refractivity contribution < 1.29 is 9.53 Å². The van der Waals surface area contributed by atoms with Crippen LogP contribution in [-0.2, 0) is 13.1 Å². The molecule has 0 bridgehead atoms. The zero-order valence-electron chi connectivity index (χ0n) is 18.5. The van der Waals surface area contributed by atoms with Crippen molar-refractivity contribution in [2.75, 3.05) is 7.11 Å². The third-order valence-electron chi connectivity index (χ3n) is 5.77. The summed E-state index contributed by atoms with van der Waals surface area (Å²) in [5, 5.41) is 13.4. The van der Waals surface area contributed by atoms with Crippen LogP contribution in [0.15, 0.2) is 78.9 Å². The first-order valence-electron chi connectivity index (χ1n) is 10.7. The Morgan fingerprint density at radius 1 is 0.970 bits per heavy atom. The van der Waals surface area contributed by atoms with E-state index in [1.54, 1.807) is 35.9 Å². The smallest absolute Gasteiger partial charge is 0.254 e. The molecule has 0 unspecified atom stereocenters. The van der Waals surface area contributed by atoms with Crippen LogP contribution in [0.4, 0.5) is 0 Å².